The molecule has 90 valence electrons. The predicted molar refractivity (Wildman–Crippen MR) is 53.4 cm³/mol. The van der Waals surface area contributed by atoms with E-state index >= 15 is 0 Å². The Hall–Kier alpha value is -1.39. The first-order valence-electron chi connectivity index (χ1n) is 4.97. The van der Waals surface area contributed by atoms with E-state index in [0.29, 0.717) is 0 Å². The monoisotopic (exact) mass is 234 g/mol. The van der Waals surface area contributed by atoms with E-state index in [0.717, 1.165) is 0 Å². The summed E-state index contributed by atoms with van der Waals surface area (Å²) in [7, 11) is 0. The second-order valence-electron chi connectivity index (χ2n) is 3.09. The number of benzene rings is 1. The van der Waals surface area contributed by atoms with E-state index in [2.05, 4.69) is 0 Å². The highest BCUT2D eigenvalue weighted by Crippen LogP contribution is 2.35. The maximum absolute atomic E-state index is 13.7. The zero-order chi connectivity index (χ0) is 12.3. The van der Waals surface area contributed by atoms with Crippen LogP contribution in [0.2, 0.25) is 0 Å². The van der Waals surface area contributed by atoms with Crippen molar-refractivity contribution in [2.45, 2.75) is 20.8 Å². The van der Waals surface area contributed by atoms with Crippen molar-refractivity contribution in [1.29, 1.82) is 0 Å². The third-order valence-electron chi connectivity index (χ3n) is 2.04. The third-order valence-corrected chi connectivity index (χ3v) is 2.04. The SMILES string of the molecule is CCOc1c(C)c(F)c(F)c(OCC)c1F. The summed E-state index contributed by atoms with van der Waals surface area (Å²) < 4.78 is 50.1. The third kappa shape index (κ3) is 2.08. The van der Waals surface area contributed by atoms with Gasteiger partial charge in [-0.25, -0.2) is 4.39 Å². The number of hydrogen-bond acceptors (Lipinski definition) is 2. The Balaban J connectivity index is 3.39. The molecule has 5 heteroatoms. The van der Waals surface area contributed by atoms with E-state index < -0.39 is 23.2 Å². The smallest absolute Gasteiger partial charge is 0.210 e. The zero-order valence-corrected chi connectivity index (χ0v) is 9.36. The van der Waals surface area contributed by atoms with Gasteiger partial charge in [0.2, 0.25) is 11.6 Å². The Morgan fingerprint density at radius 3 is 1.81 bits per heavy atom. The number of ether oxygens (including phenoxy) is 2. The van der Waals surface area contributed by atoms with Gasteiger partial charge in [0.15, 0.2) is 17.3 Å². The van der Waals surface area contributed by atoms with Crippen LogP contribution in [0.5, 0.6) is 11.5 Å². The molecule has 0 radical (unpaired) electrons. The Bertz CT molecular complexity index is 358. The summed E-state index contributed by atoms with van der Waals surface area (Å²) in [4.78, 5) is 0. The van der Waals surface area contributed by atoms with Crippen LogP contribution in [0.1, 0.15) is 19.4 Å². The minimum absolute atomic E-state index is 0.0436. The largest absolute Gasteiger partial charge is 0.490 e. The summed E-state index contributed by atoms with van der Waals surface area (Å²) >= 11 is 0. The first-order valence-corrected chi connectivity index (χ1v) is 4.97. The maximum Gasteiger partial charge on any atom is 0.210 e. The lowest BCUT2D eigenvalue weighted by atomic mass is 10.1. The van der Waals surface area contributed by atoms with Crippen LogP contribution in [0, 0.1) is 24.4 Å². The lowest BCUT2D eigenvalue weighted by Gasteiger charge is -2.14. The molecule has 1 rings (SSSR count). The van der Waals surface area contributed by atoms with Crippen LogP contribution in [-0.4, -0.2) is 13.2 Å². The minimum Gasteiger partial charge on any atom is -0.490 e. The van der Waals surface area contributed by atoms with Crippen molar-refractivity contribution in [3.63, 3.8) is 0 Å². The molecule has 0 saturated heterocycles. The lowest BCUT2D eigenvalue weighted by molar-refractivity contribution is 0.270. The standard InChI is InChI=1S/C11H13F3O2/c1-4-15-10-6(3)7(12)8(13)11(9(10)14)16-5-2/h4-5H2,1-3H3. The Morgan fingerprint density at radius 1 is 0.812 bits per heavy atom. The fraction of sp³-hybridized carbons (Fsp3) is 0.455. The lowest BCUT2D eigenvalue weighted by Crippen LogP contribution is -2.06. The molecule has 0 bridgehead atoms. The van der Waals surface area contributed by atoms with Crippen LogP contribution >= 0.6 is 0 Å². The molecule has 0 N–H and O–H groups in total. The molecule has 0 saturated carbocycles. The first kappa shape index (κ1) is 12.7. The number of halogens is 3. The molecule has 0 fully saturated rings. The molecular formula is C11H13F3O2. The summed E-state index contributed by atoms with van der Waals surface area (Å²) in [5.41, 5.74) is -0.194. The number of rotatable bonds is 4. The predicted octanol–water partition coefficient (Wildman–Crippen LogP) is 3.21. The van der Waals surface area contributed by atoms with E-state index in [1.807, 2.05) is 0 Å². The second kappa shape index (κ2) is 5.09. The van der Waals surface area contributed by atoms with Crippen molar-refractivity contribution in [2.75, 3.05) is 13.2 Å². The highest BCUT2D eigenvalue weighted by Gasteiger charge is 2.24. The average Bonchev–Trinajstić information content (AvgIpc) is 2.28. The molecule has 0 aliphatic heterocycles. The molecule has 1 aromatic carbocycles. The van der Waals surface area contributed by atoms with Crippen LogP contribution < -0.4 is 9.47 Å². The van der Waals surface area contributed by atoms with Gasteiger partial charge in [-0.3, -0.25) is 0 Å². The number of hydrogen-bond donors (Lipinski definition) is 0. The van der Waals surface area contributed by atoms with Gasteiger partial charge in [0.25, 0.3) is 0 Å². The minimum atomic E-state index is -1.32. The summed E-state index contributed by atoms with van der Waals surface area (Å²) in [5, 5.41) is 0. The summed E-state index contributed by atoms with van der Waals surface area (Å²) in [6, 6.07) is 0. The van der Waals surface area contributed by atoms with Gasteiger partial charge >= 0.3 is 0 Å². The van der Waals surface area contributed by atoms with Crippen molar-refractivity contribution in [1.82, 2.24) is 0 Å². The average molecular weight is 234 g/mol. The van der Waals surface area contributed by atoms with Gasteiger partial charge < -0.3 is 9.47 Å². The van der Waals surface area contributed by atoms with E-state index in [4.69, 9.17) is 9.47 Å². The van der Waals surface area contributed by atoms with Gasteiger partial charge in [0.05, 0.1) is 13.2 Å². The highest BCUT2D eigenvalue weighted by molar-refractivity contribution is 5.44. The Morgan fingerprint density at radius 2 is 1.31 bits per heavy atom. The molecule has 2 nitrogen and oxygen atoms in total. The fourth-order valence-corrected chi connectivity index (χ4v) is 1.32. The van der Waals surface area contributed by atoms with E-state index in [1.54, 1.807) is 13.8 Å². The Labute approximate surface area is 92.0 Å². The van der Waals surface area contributed by atoms with E-state index in [9.17, 15) is 13.2 Å². The van der Waals surface area contributed by atoms with Gasteiger partial charge in [-0.15, -0.1) is 0 Å². The van der Waals surface area contributed by atoms with Crippen LogP contribution in [0.4, 0.5) is 13.2 Å². The fourth-order valence-electron chi connectivity index (χ4n) is 1.32. The molecular weight excluding hydrogens is 221 g/mol. The zero-order valence-electron chi connectivity index (χ0n) is 9.36. The van der Waals surface area contributed by atoms with Crippen molar-refractivity contribution in [2.24, 2.45) is 0 Å². The first-order chi connectivity index (χ1) is 7.54. The van der Waals surface area contributed by atoms with Gasteiger partial charge in [0.1, 0.15) is 0 Å². The quantitative estimate of drug-likeness (QED) is 0.745. The second-order valence-corrected chi connectivity index (χ2v) is 3.09. The summed E-state index contributed by atoms with van der Waals surface area (Å²) in [5.74, 6) is -4.49. The van der Waals surface area contributed by atoms with Crippen molar-refractivity contribution >= 4 is 0 Å². The maximum atomic E-state index is 13.7. The van der Waals surface area contributed by atoms with Crippen LogP contribution in [0.15, 0.2) is 0 Å². The molecule has 16 heavy (non-hydrogen) atoms. The van der Waals surface area contributed by atoms with E-state index in [-0.39, 0.29) is 24.5 Å². The van der Waals surface area contributed by atoms with Crippen molar-refractivity contribution in [3.05, 3.63) is 23.0 Å². The van der Waals surface area contributed by atoms with E-state index in [1.165, 1.54) is 6.92 Å². The summed E-state index contributed by atoms with van der Waals surface area (Å²) in [6.07, 6.45) is 0. The Kier molecular flexibility index (Phi) is 4.04. The molecule has 0 heterocycles. The molecule has 0 unspecified atom stereocenters. The topological polar surface area (TPSA) is 18.5 Å². The van der Waals surface area contributed by atoms with Crippen LogP contribution in [0.3, 0.4) is 0 Å². The normalized spacial score (nSPS) is 10.4. The highest BCUT2D eigenvalue weighted by atomic mass is 19.2. The van der Waals surface area contributed by atoms with Crippen molar-refractivity contribution in [3.8, 4) is 11.5 Å². The van der Waals surface area contributed by atoms with Crippen LogP contribution in [-0.2, 0) is 0 Å². The van der Waals surface area contributed by atoms with Gasteiger partial charge in [-0.2, -0.15) is 8.78 Å². The molecule has 0 atom stereocenters. The van der Waals surface area contributed by atoms with Crippen molar-refractivity contribution < 1.29 is 22.6 Å². The molecule has 1 aromatic rings. The molecule has 0 spiro atoms. The molecule has 0 aliphatic carbocycles. The molecule has 0 aliphatic rings. The van der Waals surface area contributed by atoms with Gasteiger partial charge in [-0.05, 0) is 20.8 Å². The van der Waals surface area contributed by atoms with Gasteiger partial charge in [0, 0.05) is 5.56 Å². The van der Waals surface area contributed by atoms with Crippen LogP contribution in [0.25, 0.3) is 0 Å². The molecule has 0 amide bonds. The molecule has 0 aromatic heterocycles. The van der Waals surface area contributed by atoms with Gasteiger partial charge in [-0.1, -0.05) is 0 Å². The summed E-state index contributed by atoms with van der Waals surface area (Å²) in [6.45, 7) is 4.63.